The molecule has 1 saturated heterocycles. The van der Waals surface area contributed by atoms with Gasteiger partial charge in [0.15, 0.2) is 0 Å². The SMILES string of the molecule is Nc1cccc(S(=O)(=O)NCC2CCCCS2)c1. The van der Waals surface area contributed by atoms with Gasteiger partial charge in [0.05, 0.1) is 4.90 Å². The molecule has 0 aliphatic carbocycles. The van der Waals surface area contributed by atoms with Gasteiger partial charge in [-0.15, -0.1) is 0 Å². The molecular formula is C12H18N2O2S2. The van der Waals surface area contributed by atoms with E-state index in [1.165, 1.54) is 18.9 Å². The Hall–Kier alpha value is -0.720. The molecule has 1 aliphatic heterocycles. The van der Waals surface area contributed by atoms with E-state index in [0.29, 0.717) is 17.5 Å². The number of rotatable bonds is 4. The second-order valence-electron chi connectivity index (χ2n) is 4.41. The van der Waals surface area contributed by atoms with Crippen LogP contribution >= 0.6 is 11.8 Å². The standard InChI is InChI=1S/C12H18N2O2S2/c13-10-4-3-6-12(8-10)18(15,16)14-9-11-5-1-2-7-17-11/h3-4,6,8,11,14H,1-2,5,7,9,13H2. The Labute approximate surface area is 112 Å². The van der Waals surface area contributed by atoms with E-state index < -0.39 is 10.0 Å². The van der Waals surface area contributed by atoms with E-state index >= 15 is 0 Å². The maximum atomic E-state index is 12.1. The lowest BCUT2D eigenvalue weighted by Gasteiger charge is -2.21. The number of benzene rings is 1. The quantitative estimate of drug-likeness (QED) is 0.828. The Balaban J connectivity index is 1.98. The molecule has 1 aliphatic rings. The maximum Gasteiger partial charge on any atom is 0.240 e. The smallest absolute Gasteiger partial charge is 0.240 e. The van der Waals surface area contributed by atoms with Crippen LogP contribution in [-0.2, 0) is 10.0 Å². The largest absolute Gasteiger partial charge is 0.399 e. The molecule has 1 heterocycles. The van der Waals surface area contributed by atoms with E-state index in [-0.39, 0.29) is 4.90 Å². The summed E-state index contributed by atoms with van der Waals surface area (Å²) < 4.78 is 26.8. The van der Waals surface area contributed by atoms with Crippen LogP contribution in [0.2, 0.25) is 0 Å². The Bertz CT molecular complexity index is 497. The zero-order valence-electron chi connectivity index (χ0n) is 10.1. The lowest BCUT2D eigenvalue weighted by atomic mass is 10.2. The summed E-state index contributed by atoms with van der Waals surface area (Å²) in [4.78, 5) is 0.239. The van der Waals surface area contributed by atoms with Crippen molar-refractivity contribution in [3.8, 4) is 0 Å². The first kappa shape index (κ1) is 13.7. The highest BCUT2D eigenvalue weighted by molar-refractivity contribution is 8.00. The van der Waals surface area contributed by atoms with Crippen LogP contribution in [0.25, 0.3) is 0 Å². The van der Waals surface area contributed by atoms with Crippen molar-refractivity contribution in [3.05, 3.63) is 24.3 Å². The molecule has 1 aromatic rings. The first-order valence-electron chi connectivity index (χ1n) is 6.05. The second-order valence-corrected chi connectivity index (χ2v) is 7.59. The minimum atomic E-state index is -3.43. The molecule has 4 nitrogen and oxygen atoms in total. The second kappa shape index (κ2) is 5.95. The summed E-state index contributed by atoms with van der Waals surface area (Å²) in [5.41, 5.74) is 6.06. The number of sulfonamides is 1. The van der Waals surface area contributed by atoms with Crippen LogP contribution in [0.1, 0.15) is 19.3 Å². The lowest BCUT2D eigenvalue weighted by molar-refractivity contribution is 0.574. The summed E-state index contributed by atoms with van der Waals surface area (Å²) >= 11 is 1.85. The van der Waals surface area contributed by atoms with E-state index in [2.05, 4.69) is 4.72 Å². The van der Waals surface area contributed by atoms with Crippen LogP contribution in [0.4, 0.5) is 5.69 Å². The fourth-order valence-corrected chi connectivity index (χ4v) is 4.42. The van der Waals surface area contributed by atoms with Crippen molar-refractivity contribution in [2.45, 2.75) is 29.4 Å². The highest BCUT2D eigenvalue weighted by Gasteiger charge is 2.19. The third-order valence-corrected chi connectivity index (χ3v) is 5.76. The molecule has 2 rings (SSSR count). The normalized spacial score (nSPS) is 20.8. The Kier molecular flexibility index (Phi) is 4.53. The predicted molar refractivity (Wildman–Crippen MR) is 76.1 cm³/mol. The van der Waals surface area contributed by atoms with Crippen molar-refractivity contribution in [2.75, 3.05) is 18.0 Å². The molecule has 18 heavy (non-hydrogen) atoms. The van der Waals surface area contributed by atoms with E-state index in [4.69, 9.17) is 5.73 Å². The van der Waals surface area contributed by atoms with Crippen molar-refractivity contribution in [1.29, 1.82) is 0 Å². The number of hydrogen-bond acceptors (Lipinski definition) is 4. The number of nitrogens with two attached hydrogens (primary N) is 1. The van der Waals surface area contributed by atoms with Gasteiger partial charge in [0.25, 0.3) is 0 Å². The van der Waals surface area contributed by atoms with Crippen molar-refractivity contribution in [3.63, 3.8) is 0 Å². The minimum absolute atomic E-state index is 0.239. The first-order valence-corrected chi connectivity index (χ1v) is 8.58. The van der Waals surface area contributed by atoms with Crippen LogP contribution in [0.5, 0.6) is 0 Å². The monoisotopic (exact) mass is 286 g/mol. The maximum absolute atomic E-state index is 12.1. The molecule has 0 bridgehead atoms. The van der Waals surface area contributed by atoms with E-state index in [1.807, 2.05) is 11.8 Å². The number of anilines is 1. The Morgan fingerprint density at radius 2 is 2.22 bits per heavy atom. The van der Waals surface area contributed by atoms with Crippen LogP contribution in [-0.4, -0.2) is 26.0 Å². The fourth-order valence-electron chi connectivity index (χ4n) is 1.94. The van der Waals surface area contributed by atoms with Crippen LogP contribution < -0.4 is 10.5 Å². The number of hydrogen-bond donors (Lipinski definition) is 2. The summed E-state index contributed by atoms with van der Waals surface area (Å²) in [7, 11) is -3.43. The highest BCUT2D eigenvalue weighted by atomic mass is 32.2. The summed E-state index contributed by atoms with van der Waals surface area (Å²) in [6.45, 7) is 0.502. The molecule has 0 radical (unpaired) electrons. The average Bonchev–Trinajstić information content (AvgIpc) is 2.38. The molecule has 0 spiro atoms. The molecule has 1 fully saturated rings. The predicted octanol–water partition coefficient (Wildman–Crippen LogP) is 1.83. The third kappa shape index (κ3) is 3.63. The first-order chi connectivity index (χ1) is 8.58. The summed E-state index contributed by atoms with van der Waals surface area (Å²) in [5.74, 6) is 1.13. The molecular weight excluding hydrogens is 268 g/mol. The van der Waals surface area contributed by atoms with Gasteiger partial charge >= 0.3 is 0 Å². The van der Waals surface area contributed by atoms with Crippen LogP contribution in [0.3, 0.4) is 0 Å². The summed E-state index contributed by atoms with van der Waals surface area (Å²) in [6.07, 6.45) is 3.52. The topological polar surface area (TPSA) is 72.2 Å². The van der Waals surface area contributed by atoms with Gasteiger partial charge in [0, 0.05) is 17.5 Å². The van der Waals surface area contributed by atoms with Crippen LogP contribution in [0, 0.1) is 0 Å². The van der Waals surface area contributed by atoms with Crippen LogP contribution in [0.15, 0.2) is 29.2 Å². The highest BCUT2D eigenvalue weighted by Crippen LogP contribution is 2.24. The van der Waals surface area contributed by atoms with Gasteiger partial charge in [-0.25, -0.2) is 13.1 Å². The molecule has 100 valence electrons. The van der Waals surface area contributed by atoms with Gasteiger partial charge in [-0.1, -0.05) is 12.5 Å². The zero-order chi connectivity index (χ0) is 13.0. The van der Waals surface area contributed by atoms with Crippen molar-refractivity contribution in [2.24, 2.45) is 0 Å². The molecule has 0 amide bonds. The molecule has 1 aromatic carbocycles. The molecule has 6 heteroatoms. The molecule has 1 atom stereocenters. The van der Waals surface area contributed by atoms with Crippen molar-refractivity contribution >= 4 is 27.5 Å². The Morgan fingerprint density at radius 3 is 2.89 bits per heavy atom. The van der Waals surface area contributed by atoms with E-state index in [9.17, 15) is 8.42 Å². The van der Waals surface area contributed by atoms with E-state index in [0.717, 1.165) is 12.2 Å². The Morgan fingerprint density at radius 1 is 1.39 bits per heavy atom. The summed E-state index contributed by atoms with van der Waals surface area (Å²) in [6, 6.07) is 6.37. The van der Waals surface area contributed by atoms with E-state index in [1.54, 1.807) is 18.2 Å². The van der Waals surface area contributed by atoms with Gasteiger partial charge in [-0.2, -0.15) is 11.8 Å². The molecule has 0 aromatic heterocycles. The van der Waals surface area contributed by atoms with Crippen molar-refractivity contribution in [1.82, 2.24) is 4.72 Å². The molecule has 1 unspecified atom stereocenters. The number of thioether (sulfide) groups is 1. The molecule has 3 N–H and O–H groups in total. The summed E-state index contributed by atoms with van der Waals surface area (Å²) in [5, 5.41) is 0.398. The third-order valence-electron chi connectivity index (χ3n) is 2.94. The van der Waals surface area contributed by atoms with Gasteiger partial charge < -0.3 is 5.73 Å². The molecule has 0 saturated carbocycles. The lowest BCUT2D eigenvalue weighted by Crippen LogP contribution is -2.32. The number of nitrogens with one attached hydrogen (secondary N) is 1. The minimum Gasteiger partial charge on any atom is -0.399 e. The number of nitrogen functional groups attached to an aromatic ring is 1. The van der Waals surface area contributed by atoms with Gasteiger partial charge in [0.1, 0.15) is 0 Å². The fraction of sp³-hybridized carbons (Fsp3) is 0.500. The van der Waals surface area contributed by atoms with Gasteiger partial charge in [-0.05, 0) is 36.8 Å². The average molecular weight is 286 g/mol. The zero-order valence-corrected chi connectivity index (χ0v) is 11.8. The van der Waals surface area contributed by atoms with Crippen molar-refractivity contribution < 1.29 is 8.42 Å². The van der Waals surface area contributed by atoms with Gasteiger partial charge in [-0.3, -0.25) is 0 Å². The van der Waals surface area contributed by atoms with Gasteiger partial charge in [0.2, 0.25) is 10.0 Å².